The van der Waals surface area contributed by atoms with Gasteiger partial charge in [0.1, 0.15) is 6.17 Å². The van der Waals surface area contributed by atoms with Crippen LogP contribution in [0.2, 0.25) is 0 Å². The maximum Gasteiger partial charge on any atom is 0.128 e. The number of hydrogen-bond acceptors (Lipinski definition) is 2. The van der Waals surface area contributed by atoms with Crippen molar-refractivity contribution in [1.29, 1.82) is 0 Å². The monoisotopic (exact) mass is 669 g/mol. The largest absolute Gasteiger partial charge is 0.356 e. The van der Waals surface area contributed by atoms with E-state index < -0.39 is 5.41 Å². The SMILES string of the molecule is CN1C=C(c2ccccc2)c2ccccc2C1N1c2ccccc2-c2c(n(-c3ccccc3)c3ccccc23)C2(C)C=C(c3ccccc3)C=CC12. The third kappa shape index (κ3) is 4.52. The van der Waals surface area contributed by atoms with E-state index in [2.05, 4.69) is 217 Å². The molecule has 1 aliphatic carbocycles. The maximum atomic E-state index is 2.71. The summed E-state index contributed by atoms with van der Waals surface area (Å²) in [5.41, 5.74) is 14.6. The molecule has 0 saturated heterocycles. The Balaban J connectivity index is 1.29. The van der Waals surface area contributed by atoms with Gasteiger partial charge in [0.2, 0.25) is 0 Å². The van der Waals surface area contributed by atoms with Crippen molar-refractivity contribution in [1.82, 2.24) is 9.47 Å². The number of anilines is 1. The molecule has 3 heterocycles. The van der Waals surface area contributed by atoms with Gasteiger partial charge >= 0.3 is 0 Å². The molecule has 250 valence electrons. The normalized spacial score (nSPS) is 20.3. The average Bonchev–Trinajstić information content (AvgIpc) is 3.52. The van der Waals surface area contributed by atoms with Crippen LogP contribution in [0.15, 0.2) is 188 Å². The topological polar surface area (TPSA) is 11.4 Å². The molecule has 1 aromatic heterocycles. The lowest BCUT2D eigenvalue weighted by Crippen LogP contribution is -2.53. The molecule has 3 unspecified atom stereocenters. The number of allylic oxidation sites excluding steroid dienone is 2. The molecule has 3 atom stereocenters. The predicted molar refractivity (Wildman–Crippen MR) is 216 cm³/mol. The Morgan fingerprint density at radius 2 is 1.21 bits per heavy atom. The standard InChI is InChI=1S/C49H39N3/c1-49-32-36(34-18-6-3-7-19-34)30-31-45(49)52(48-39-25-13-12-24-38(39)42(33-50(48)2)35-20-8-4-9-21-35)44-29-17-15-27-41(44)46-40-26-14-16-28-43(40)51(47(46)49)37-22-10-5-11-23-37/h3-33,45,48H,1-2H3. The number of aromatic nitrogens is 1. The summed E-state index contributed by atoms with van der Waals surface area (Å²) in [6, 6.07) is 59.6. The van der Waals surface area contributed by atoms with Gasteiger partial charge in [-0.3, -0.25) is 0 Å². The highest BCUT2D eigenvalue weighted by molar-refractivity contribution is 6.04. The molecule has 0 N–H and O–H groups in total. The van der Waals surface area contributed by atoms with Crippen LogP contribution in [0.5, 0.6) is 0 Å². The highest BCUT2D eigenvalue weighted by atomic mass is 15.4. The Kier molecular flexibility index (Phi) is 6.97. The zero-order chi connectivity index (χ0) is 34.8. The number of para-hydroxylation sites is 3. The summed E-state index contributed by atoms with van der Waals surface area (Å²) in [7, 11) is 2.25. The minimum atomic E-state index is -0.456. The summed E-state index contributed by atoms with van der Waals surface area (Å²) < 4.78 is 2.54. The molecule has 2 aliphatic heterocycles. The molecule has 7 aromatic rings. The van der Waals surface area contributed by atoms with Crippen molar-refractivity contribution in [3.8, 4) is 16.8 Å². The quantitative estimate of drug-likeness (QED) is 0.185. The summed E-state index contributed by atoms with van der Waals surface area (Å²) in [5.74, 6) is 0. The van der Waals surface area contributed by atoms with Gasteiger partial charge in [0.05, 0.1) is 17.0 Å². The lowest BCUT2D eigenvalue weighted by molar-refractivity contribution is 0.286. The Morgan fingerprint density at radius 1 is 0.596 bits per heavy atom. The molecule has 0 bridgehead atoms. The summed E-state index contributed by atoms with van der Waals surface area (Å²) in [5, 5.41) is 1.27. The molecule has 10 rings (SSSR count). The molecule has 0 spiro atoms. The van der Waals surface area contributed by atoms with Crippen molar-refractivity contribution in [3.05, 3.63) is 216 Å². The lowest BCUT2D eigenvalue weighted by Gasteiger charge is -2.50. The van der Waals surface area contributed by atoms with E-state index in [1.165, 1.54) is 72.5 Å². The number of nitrogens with zero attached hydrogens (tertiary/aromatic N) is 3. The van der Waals surface area contributed by atoms with Crippen molar-refractivity contribution in [3.63, 3.8) is 0 Å². The first-order chi connectivity index (χ1) is 25.6. The van der Waals surface area contributed by atoms with Crippen molar-refractivity contribution in [2.24, 2.45) is 0 Å². The smallest absolute Gasteiger partial charge is 0.128 e. The predicted octanol–water partition coefficient (Wildman–Crippen LogP) is 11.4. The van der Waals surface area contributed by atoms with Gasteiger partial charge in [0.25, 0.3) is 0 Å². The van der Waals surface area contributed by atoms with Crippen LogP contribution < -0.4 is 4.90 Å². The first kappa shape index (κ1) is 30.5. The molecule has 3 nitrogen and oxygen atoms in total. The molecule has 0 radical (unpaired) electrons. The zero-order valence-electron chi connectivity index (χ0n) is 29.4. The van der Waals surface area contributed by atoms with Crippen molar-refractivity contribution in [2.75, 3.05) is 11.9 Å². The van der Waals surface area contributed by atoms with Crippen LogP contribution in [0.3, 0.4) is 0 Å². The summed E-state index contributed by atoms with van der Waals surface area (Å²) in [6.45, 7) is 2.47. The second-order valence-corrected chi connectivity index (χ2v) is 14.4. The van der Waals surface area contributed by atoms with Crippen molar-refractivity contribution in [2.45, 2.75) is 24.5 Å². The summed E-state index contributed by atoms with van der Waals surface area (Å²) in [4.78, 5) is 5.15. The minimum absolute atomic E-state index is 0.0266. The van der Waals surface area contributed by atoms with Gasteiger partial charge in [0.15, 0.2) is 0 Å². The first-order valence-electron chi connectivity index (χ1n) is 18.2. The zero-order valence-corrected chi connectivity index (χ0v) is 29.4. The van der Waals surface area contributed by atoms with E-state index in [0.29, 0.717) is 0 Å². The van der Waals surface area contributed by atoms with E-state index in [-0.39, 0.29) is 12.2 Å². The van der Waals surface area contributed by atoms with E-state index >= 15 is 0 Å². The molecule has 0 saturated carbocycles. The van der Waals surface area contributed by atoms with Crippen LogP contribution >= 0.6 is 0 Å². The fraction of sp³-hybridized carbons (Fsp3) is 0.102. The van der Waals surface area contributed by atoms with Crippen LogP contribution in [-0.4, -0.2) is 22.6 Å². The molecule has 3 heteroatoms. The lowest BCUT2D eigenvalue weighted by atomic mass is 9.71. The van der Waals surface area contributed by atoms with Gasteiger partial charge in [-0.1, -0.05) is 158 Å². The van der Waals surface area contributed by atoms with Gasteiger partial charge < -0.3 is 14.4 Å². The Hall–Kier alpha value is -6.32. The van der Waals surface area contributed by atoms with Crippen LogP contribution in [0.1, 0.15) is 41.0 Å². The molecular formula is C49H39N3. The minimum Gasteiger partial charge on any atom is -0.356 e. The van der Waals surface area contributed by atoms with Gasteiger partial charge in [0, 0.05) is 58.0 Å². The average molecular weight is 670 g/mol. The van der Waals surface area contributed by atoms with Crippen LogP contribution in [-0.2, 0) is 5.41 Å². The van der Waals surface area contributed by atoms with E-state index in [9.17, 15) is 0 Å². The van der Waals surface area contributed by atoms with Gasteiger partial charge in [-0.05, 0) is 53.5 Å². The molecular weight excluding hydrogens is 631 g/mol. The number of hydrogen-bond donors (Lipinski definition) is 0. The van der Waals surface area contributed by atoms with Gasteiger partial charge in [-0.25, -0.2) is 0 Å². The van der Waals surface area contributed by atoms with Gasteiger partial charge in [-0.2, -0.15) is 0 Å². The van der Waals surface area contributed by atoms with E-state index in [1.54, 1.807) is 0 Å². The fourth-order valence-electron chi connectivity index (χ4n) is 9.19. The van der Waals surface area contributed by atoms with E-state index in [1.807, 2.05) is 0 Å². The highest BCUT2D eigenvalue weighted by Gasteiger charge is 2.49. The molecule has 3 aliphatic rings. The molecule has 6 aromatic carbocycles. The summed E-state index contributed by atoms with van der Waals surface area (Å²) in [6.07, 6.45) is 9.69. The highest BCUT2D eigenvalue weighted by Crippen LogP contribution is 2.56. The Morgan fingerprint density at radius 3 is 1.98 bits per heavy atom. The first-order valence-corrected chi connectivity index (χ1v) is 18.2. The van der Waals surface area contributed by atoms with Crippen LogP contribution in [0.4, 0.5) is 5.69 Å². The summed E-state index contributed by atoms with van der Waals surface area (Å²) >= 11 is 0. The molecule has 0 amide bonds. The number of benzene rings is 6. The van der Waals surface area contributed by atoms with Crippen molar-refractivity contribution < 1.29 is 0 Å². The fourth-order valence-corrected chi connectivity index (χ4v) is 9.19. The second-order valence-electron chi connectivity index (χ2n) is 14.4. The second kappa shape index (κ2) is 11.9. The van der Waals surface area contributed by atoms with E-state index in [4.69, 9.17) is 0 Å². The van der Waals surface area contributed by atoms with Crippen LogP contribution in [0, 0.1) is 0 Å². The Labute approximate surface area is 305 Å². The number of fused-ring (bicyclic) bond motifs is 8. The maximum absolute atomic E-state index is 2.71. The van der Waals surface area contributed by atoms with Crippen molar-refractivity contribution >= 4 is 27.7 Å². The molecule has 0 fully saturated rings. The van der Waals surface area contributed by atoms with E-state index in [0.717, 1.165) is 0 Å². The third-order valence-corrected chi connectivity index (χ3v) is 11.4. The Bertz CT molecular complexity index is 2560. The van der Waals surface area contributed by atoms with Crippen LogP contribution in [0.25, 0.3) is 38.9 Å². The number of rotatable bonds is 4. The third-order valence-electron chi connectivity index (χ3n) is 11.4. The molecule has 52 heavy (non-hydrogen) atoms. The van der Waals surface area contributed by atoms with Gasteiger partial charge in [-0.15, -0.1) is 0 Å².